The highest BCUT2D eigenvalue weighted by Crippen LogP contribution is 2.50. The number of fused-ring (bicyclic) bond motifs is 1. The number of hydrogen-bond donors (Lipinski definition) is 1. The number of alkyl halides is 6. The third-order valence-corrected chi connectivity index (χ3v) is 6.45. The van der Waals surface area contributed by atoms with Crippen molar-refractivity contribution in [2.75, 3.05) is 0 Å². The average molecular weight is 555 g/mol. The second-order valence-corrected chi connectivity index (χ2v) is 9.03. The molecule has 3 aromatic carbocycles. The second-order valence-electron chi connectivity index (χ2n) is 9.03. The zero-order chi connectivity index (χ0) is 28.7. The number of halogens is 6. The van der Waals surface area contributed by atoms with Crippen LogP contribution in [0.25, 0.3) is 27.8 Å². The summed E-state index contributed by atoms with van der Waals surface area (Å²) < 4.78 is 82.7. The lowest BCUT2D eigenvalue weighted by Gasteiger charge is -2.33. The van der Waals surface area contributed by atoms with Gasteiger partial charge in [-0.2, -0.15) is 26.3 Å². The lowest BCUT2D eigenvalue weighted by atomic mass is 9.92. The first-order valence-electron chi connectivity index (χ1n) is 11.9. The van der Waals surface area contributed by atoms with E-state index in [-0.39, 0.29) is 28.8 Å². The fraction of sp³-hybridized carbons (Fsp3) is 0.138. The van der Waals surface area contributed by atoms with Gasteiger partial charge in [-0.1, -0.05) is 54.6 Å². The molecule has 0 aliphatic carbocycles. The van der Waals surface area contributed by atoms with Crippen molar-refractivity contribution in [3.05, 3.63) is 124 Å². The molecule has 0 unspecified atom stereocenters. The number of aromatic nitrogens is 3. The van der Waals surface area contributed by atoms with Gasteiger partial charge in [-0.05, 0) is 42.0 Å². The molecule has 0 atom stereocenters. The van der Waals surface area contributed by atoms with Crippen LogP contribution in [0, 0.1) is 0 Å². The summed E-state index contributed by atoms with van der Waals surface area (Å²) in [6, 6.07) is 21.9. The molecule has 0 aliphatic heterocycles. The summed E-state index contributed by atoms with van der Waals surface area (Å²) in [5.74, 6) is 0.0778. The van der Waals surface area contributed by atoms with E-state index in [1.165, 1.54) is 12.1 Å². The Morgan fingerprint density at radius 1 is 0.775 bits per heavy atom. The van der Waals surface area contributed by atoms with Gasteiger partial charge in [-0.15, -0.1) is 0 Å². The summed E-state index contributed by atoms with van der Waals surface area (Å²) in [7, 11) is 0. The molecule has 2 aromatic heterocycles. The van der Waals surface area contributed by atoms with Gasteiger partial charge in [0.1, 0.15) is 5.82 Å². The van der Waals surface area contributed by atoms with Crippen LogP contribution in [-0.4, -0.2) is 32.0 Å². The summed E-state index contributed by atoms with van der Waals surface area (Å²) >= 11 is 0. The molecule has 0 spiro atoms. The Kier molecular flexibility index (Phi) is 6.70. The first kappa shape index (κ1) is 27.1. The molecule has 11 heteroatoms. The maximum atomic E-state index is 13.9. The number of nitrogens with zero attached hydrogens (tertiary/aromatic N) is 3. The van der Waals surface area contributed by atoms with E-state index >= 15 is 0 Å². The summed E-state index contributed by atoms with van der Waals surface area (Å²) in [5, 5.41) is 10.1. The summed E-state index contributed by atoms with van der Waals surface area (Å²) in [6.45, 7) is 0. The quantitative estimate of drug-likeness (QED) is 0.257. The van der Waals surface area contributed by atoms with Crippen LogP contribution in [0.1, 0.15) is 17.0 Å². The van der Waals surface area contributed by atoms with E-state index in [1.807, 2.05) is 0 Å². The third-order valence-electron chi connectivity index (χ3n) is 6.45. The van der Waals surface area contributed by atoms with Gasteiger partial charge < -0.3 is 5.11 Å². The first-order valence-corrected chi connectivity index (χ1v) is 11.9. The minimum atomic E-state index is -6.08. The van der Waals surface area contributed by atoms with Crippen molar-refractivity contribution in [3.63, 3.8) is 0 Å². The van der Waals surface area contributed by atoms with Crippen molar-refractivity contribution in [1.29, 1.82) is 0 Å². The van der Waals surface area contributed by atoms with Crippen molar-refractivity contribution in [2.45, 2.75) is 24.4 Å². The Hall–Kier alpha value is -4.51. The number of pyridine rings is 1. The maximum absolute atomic E-state index is 13.9. The summed E-state index contributed by atoms with van der Waals surface area (Å²) in [6.07, 6.45) is -10.6. The molecule has 0 bridgehead atoms. The van der Waals surface area contributed by atoms with E-state index in [9.17, 15) is 36.2 Å². The third kappa shape index (κ3) is 4.73. The van der Waals surface area contributed by atoms with E-state index < -0.39 is 29.1 Å². The van der Waals surface area contributed by atoms with E-state index in [0.717, 1.165) is 10.6 Å². The van der Waals surface area contributed by atoms with Gasteiger partial charge in [-0.3, -0.25) is 14.3 Å². The monoisotopic (exact) mass is 555 g/mol. The van der Waals surface area contributed by atoms with Crippen molar-refractivity contribution in [2.24, 2.45) is 0 Å². The van der Waals surface area contributed by atoms with Gasteiger partial charge in [0.25, 0.3) is 11.2 Å². The van der Waals surface area contributed by atoms with Crippen LogP contribution in [0.2, 0.25) is 0 Å². The molecular formula is C29H19F6N3O2. The van der Waals surface area contributed by atoms with Crippen molar-refractivity contribution < 1.29 is 31.4 Å². The topological polar surface area (TPSA) is 68.0 Å². The molecule has 0 aliphatic rings. The SMILES string of the molecule is O=c1c2cc(-c3ccccn3)ccc2nc(Cc2ccccc2)n1-c1cccc(C(O)(C(F)(F)F)C(F)(F)F)c1. The molecule has 0 saturated heterocycles. The lowest BCUT2D eigenvalue weighted by Crippen LogP contribution is -2.54. The lowest BCUT2D eigenvalue weighted by molar-refractivity contribution is -0.376. The Morgan fingerprint density at radius 3 is 2.12 bits per heavy atom. The van der Waals surface area contributed by atoms with Gasteiger partial charge in [0.2, 0.25) is 0 Å². The molecule has 5 nitrogen and oxygen atoms in total. The Labute approximate surface area is 223 Å². The molecule has 2 heterocycles. The van der Waals surface area contributed by atoms with Crippen LogP contribution >= 0.6 is 0 Å². The molecule has 0 saturated carbocycles. The molecule has 5 aromatic rings. The highest BCUT2D eigenvalue weighted by molar-refractivity contribution is 5.83. The van der Waals surface area contributed by atoms with Crippen molar-refractivity contribution >= 4 is 10.9 Å². The smallest absolute Gasteiger partial charge is 0.369 e. The number of benzene rings is 3. The highest BCUT2D eigenvalue weighted by atomic mass is 19.4. The Bertz CT molecular complexity index is 1720. The summed E-state index contributed by atoms with van der Waals surface area (Å²) in [5.41, 5.74) is -5.58. The second kappa shape index (κ2) is 9.91. The van der Waals surface area contributed by atoms with Crippen molar-refractivity contribution in [3.8, 4) is 16.9 Å². The van der Waals surface area contributed by atoms with Gasteiger partial charge in [0, 0.05) is 23.7 Å². The number of aliphatic hydroxyl groups is 1. The van der Waals surface area contributed by atoms with E-state index in [2.05, 4.69) is 9.97 Å². The molecule has 0 amide bonds. The zero-order valence-electron chi connectivity index (χ0n) is 20.4. The normalized spacial score (nSPS) is 12.6. The maximum Gasteiger partial charge on any atom is 0.430 e. The Morgan fingerprint density at radius 2 is 1.48 bits per heavy atom. The van der Waals surface area contributed by atoms with E-state index in [1.54, 1.807) is 66.9 Å². The van der Waals surface area contributed by atoms with Gasteiger partial charge in [-0.25, -0.2) is 4.98 Å². The minimum Gasteiger partial charge on any atom is -0.369 e. The highest BCUT2D eigenvalue weighted by Gasteiger charge is 2.71. The molecular weight excluding hydrogens is 536 g/mol. The molecule has 0 fully saturated rings. The van der Waals surface area contributed by atoms with Crippen LogP contribution in [0.15, 0.2) is 102 Å². The van der Waals surface area contributed by atoms with Crippen LogP contribution in [0.4, 0.5) is 26.3 Å². The number of hydrogen-bond acceptors (Lipinski definition) is 4. The summed E-state index contributed by atoms with van der Waals surface area (Å²) in [4.78, 5) is 22.7. The average Bonchev–Trinajstić information content (AvgIpc) is 2.92. The van der Waals surface area contributed by atoms with Gasteiger partial charge >= 0.3 is 12.4 Å². The van der Waals surface area contributed by atoms with Gasteiger partial charge in [0.15, 0.2) is 0 Å². The first-order chi connectivity index (χ1) is 18.9. The largest absolute Gasteiger partial charge is 0.430 e. The van der Waals surface area contributed by atoms with Crippen LogP contribution in [0.5, 0.6) is 0 Å². The van der Waals surface area contributed by atoms with Gasteiger partial charge in [0.05, 0.1) is 22.3 Å². The minimum absolute atomic E-state index is 0.0427. The molecule has 5 rings (SSSR count). The molecule has 0 radical (unpaired) electrons. The predicted octanol–water partition coefficient (Wildman–Crippen LogP) is 6.35. The molecule has 40 heavy (non-hydrogen) atoms. The van der Waals surface area contributed by atoms with Crippen LogP contribution in [0.3, 0.4) is 0 Å². The molecule has 1 N–H and O–H groups in total. The van der Waals surface area contributed by atoms with Crippen LogP contribution in [-0.2, 0) is 12.0 Å². The Balaban J connectivity index is 1.77. The van der Waals surface area contributed by atoms with E-state index in [4.69, 9.17) is 0 Å². The number of rotatable bonds is 5. The van der Waals surface area contributed by atoms with Crippen molar-refractivity contribution in [1.82, 2.24) is 14.5 Å². The fourth-order valence-corrected chi connectivity index (χ4v) is 4.45. The van der Waals surface area contributed by atoms with E-state index in [0.29, 0.717) is 29.0 Å². The molecule has 204 valence electrons. The predicted molar refractivity (Wildman–Crippen MR) is 136 cm³/mol. The zero-order valence-corrected chi connectivity index (χ0v) is 20.4. The standard InChI is InChI=1S/C29H19F6N3O2/c30-28(31,32)27(40,29(33,34)35)20-9-6-10-21(17-20)38-25(15-18-7-2-1-3-8-18)37-24-13-12-19(16-22(24)26(38)39)23-11-4-5-14-36-23/h1-14,16-17,40H,15H2. The fourth-order valence-electron chi connectivity index (χ4n) is 4.45. The van der Waals surface area contributed by atoms with Crippen LogP contribution < -0.4 is 5.56 Å².